The molecule has 0 atom stereocenters. The van der Waals surface area contributed by atoms with Crippen molar-refractivity contribution in [2.75, 3.05) is 6.54 Å². The van der Waals surface area contributed by atoms with Crippen molar-refractivity contribution in [3.05, 3.63) is 12.7 Å². The zero-order chi connectivity index (χ0) is 13.1. The van der Waals surface area contributed by atoms with Crippen molar-refractivity contribution in [1.82, 2.24) is 4.90 Å². The topological polar surface area (TPSA) is 46.3 Å². The first-order chi connectivity index (χ1) is 7.78. The van der Waals surface area contributed by atoms with Crippen LogP contribution in [0.4, 0.5) is 0 Å². The maximum absolute atomic E-state index is 12.3. The molecule has 3 heteroatoms. The largest absolute Gasteiger partial charge is 0.334 e. The van der Waals surface area contributed by atoms with Crippen molar-refractivity contribution >= 4 is 5.91 Å². The Morgan fingerprint density at radius 2 is 1.94 bits per heavy atom. The van der Waals surface area contributed by atoms with Crippen molar-refractivity contribution < 1.29 is 4.79 Å². The van der Waals surface area contributed by atoms with E-state index in [4.69, 9.17) is 5.73 Å². The fraction of sp³-hybridized carbons (Fsp3) is 0.786. The van der Waals surface area contributed by atoms with Crippen LogP contribution in [0.15, 0.2) is 12.7 Å². The van der Waals surface area contributed by atoms with Gasteiger partial charge in [-0.2, -0.15) is 0 Å². The predicted molar refractivity (Wildman–Crippen MR) is 71.7 cm³/mol. The molecule has 1 amide bonds. The molecule has 1 aliphatic carbocycles. The molecule has 0 saturated heterocycles. The number of amides is 1. The van der Waals surface area contributed by atoms with Crippen molar-refractivity contribution in [3.63, 3.8) is 0 Å². The lowest BCUT2D eigenvalue weighted by Crippen LogP contribution is -2.50. The van der Waals surface area contributed by atoms with Crippen LogP contribution in [-0.2, 0) is 4.79 Å². The van der Waals surface area contributed by atoms with Gasteiger partial charge in [0.05, 0.1) is 0 Å². The summed E-state index contributed by atoms with van der Waals surface area (Å²) < 4.78 is 0. The fourth-order valence-electron chi connectivity index (χ4n) is 2.53. The molecule has 17 heavy (non-hydrogen) atoms. The second kappa shape index (κ2) is 5.21. The van der Waals surface area contributed by atoms with Crippen molar-refractivity contribution in [2.24, 2.45) is 5.73 Å². The van der Waals surface area contributed by atoms with E-state index >= 15 is 0 Å². The molecule has 1 rings (SSSR count). The second-order valence-electron chi connectivity index (χ2n) is 6.21. The lowest BCUT2D eigenvalue weighted by atomic mass is 9.92. The highest BCUT2D eigenvalue weighted by Gasteiger charge is 2.35. The molecule has 3 nitrogen and oxygen atoms in total. The minimum atomic E-state index is -0.262. The van der Waals surface area contributed by atoms with Gasteiger partial charge in [-0.1, -0.05) is 18.9 Å². The molecule has 0 spiro atoms. The first kappa shape index (κ1) is 14.2. The molecule has 0 aromatic rings. The van der Waals surface area contributed by atoms with Gasteiger partial charge in [-0.3, -0.25) is 4.79 Å². The number of rotatable bonds is 4. The molecule has 2 N–H and O–H groups in total. The number of carbonyl (C=O) groups is 1. The van der Waals surface area contributed by atoms with E-state index in [2.05, 4.69) is 6.58 Å². The van der Waals surface area contributed by atoms with Crippen LogP contribution in [0.2, 0.25) is 0 Å². The average molecular weight is 238 g/mol. The Morgan fingerprint density at radius 1 is 1.41 bits per heavy atom. The first-order valence-corrected chi connectivity index (χ1v) is 6.49. The van der Waals surface area contributed by atoms with Gasteiger partial charge >= 0.3 is 0 Å². The van der Waals surface area contributed by atoms with E-state index in [0.717, 1.165) is 25.7 Å². The summed E-state index contributed by atoms with van der Waals surface area (Å²) >= 11 is 0. The van der Waals surface area contributed by atoms with Crippen LogP contribution in [0.5, 0.6) is 0 Å². The number of nitrogens with zero attached hydrogens (tertiary/aromatic N) is 1. The molecule has 98 valence electrons. The fourth-order valence-corrected chi connectivity index (χ4v) is 2.53. The molecule has 0 unspecified atom stereocenters. The summed E-state index contributed by atoms with van der Waals surface area (Å²) in [5, 5.41) is 0. The van der Waals surface area contributed by atoms with Crippen molar-refractivity contribution in [3.8, 4) is 0 Å². The minimum Gasteiger partial charge on any atom is -0.334 e. The Kier molecular flexibility index (Phi) is 4.36. The van der Waals surface area contributed by atoms with E-state index in [1.54, 1.807) is 6.08 Å². The average Bonchev–Trinajstić information content (AvgIpc) is 2.59. The molecule has 0 heterocycles. The highest BCUT2D eigenvalue weighted by atomic mass is 16.2. The summed E-state index contributed by atoms with van der Waals surface area (Å²) in [5.41, 5.74) is 5.84. The third-order valence-corrected chi connectivity index (χ3v) is 3.53. The summed E-state index contributed by atoms with van der Waals surface area (Å²) in [7, 11) is 0. The molecular formula is C14H26N2O. The van der Waals surface area contributed by atoms with Crippen LogP contribution in [-0.4, -0.2) is 28.4 Å². The molecule has 1 fully saturated rings. The molecule has 1 aliphatic rings. The van der Waals surface area contributed by atoms with Crippen LogP contribution >= 0.6 is 0 Å². The van der Waals surface area contributed by atoms with Gasteiger partial charge in [-0.15, -0.1) is 6.58 Å². The lowest BCUT2D eigenvalue weighted by Gasteiger charge is -2.37. The SMILES string of the molecule is C=CCN(C(=O)CC1(N)CCCC1)C(C)(C)C. The zero-order valence-electron chi connectivity index (χ0n) is 11.5. The maximum Gasteiger partial charge on any atom is 0.225 e. The van der Waals surface area contributed by atoms with Crippen molar-refractivity contribution in [1.29, 1.82) is 0 Å². The van der Waals surface area contributed by atoms with Gasteiger partial charge in [0.2, 0.25) is 5.91 Å². The Labute approximate surface area is 105 Å². The third kappa shape index (κ3) is 3.84. The first-order valence-electron chi connectivity index (χ1n) is 6.49. The monoisotopic (exact) mass is 238 g/mol. The van der Waals surface area contributed by atoms with Gasteiger partial charge in [-0.25, -0.2) is 0 Å². The Bertz CT molecular complexity index is 285. The lowest BCUT2D eigenvalue weighted by molar-refractivity contribution is -0.136. The molecule has 1 saturated carbocycles. The summed E-state index contributed by atoms with van der Waals surface area (Å²) in [4.78, 5) is 14.2. The summed E-state index contributed by atoms with van der Waals surface area (Å²) in [6, 6.07) is 0. The molecule has 0 aliphatic heterocycles. The summed E-state index contributed by atoms with van der Waals surface area (Å²) in [6.07, 6.45) is 6.51. The second-order valence-corrected chi connectivity index (χ2v) is 6.21. The van der Waals surface area contributed by atoms with Crippen LogP contribution < -0.4 is 5.73 Å². The number of carbonyl (C=O) groups excluding carboxylic acids is 1. The maximum atomic E-state index is 12.3. The van der Waals surface area contributed by atoms with Gasteiger partial charge in [0.15, 0.2) is 0 Å². The van der Waals surface area contributed by atoms with E-state index in [0.29, 0.717) is 13.0 Å². The molecule has 0 bridgehead atoms. The molecule has 0 aromatic heterocycles. The predicted octanol–water partition coefficient (Wildman–Crippen LogP) is 2.46. The van der Waals surface area contributed by atoms with E-state index in [9.17, 15) is 4.79 Å². The smallest absolute Gasteiger partial charge is 0.225 e. The quantitative estimate of drug-likeness (QED) is 0.765. The molecular weight excluding hydrogens is 212 g/mol. The van der Waals surface area contributed by atoms with Crippen molar-refractivity contribution in [2.45, 2.75) is 64.0 Å². The van der Waals surface area contributed by atoms with Crippen LogP contribution in [0.25, 0.3) is 0 Å². The normalized spacial score (nSPS) is 19.1. The summed E-state index contributed by atoms with van der Waals surface area (Å²) in [6.45, 7) is 10.5. The highest BCUT2D eigenvalue weighted by Crippen LogP contribution is 2.31. The summed E-state index contributed by atoms with van der Waals surface area (Å²) in [5.74, 6) is 0.154. The van der Waals surface area contributed by atoms with Gasteiger partial charge in [-0.05, 0) is 33.6 Å². The molecule has 0 radical (unpaired) electrons. The third-order valence-electron chi connectivity index (χ3n) is 3.53. The number of hydrogen-bond acceptors (Lipinski definition) is 2. The highest BCUT2D eigenvalue weighted by molar-refractivity contribution is 5.78. The van der Waals surface area contributed by atoms with Crippen LogP contribution in [0.3, 0.4) is 0 Å². The van der Waals surface area contributed by atoms with Crippen LogP contribution in [0, 0.1) is 0 Å². The Balaban J connectivity index is 2.68. The number of hydrogen-bond donors (Lipinski definition) is 1. The van der Waals surface area contributed by atoms with Crippen LogP contribution in [0.1, 0.15) is 52.9 Å². The minimum absolute atomic E-state index is 0.154. The van der Waals surface area contributed by atoms with Gasteiger partial charge in [0.25, 0.3) is 0 Å². The Hall–Kier alpha value is -0.830. The van der Waals surface area contributed by atoms with E-state index < -0.39 is 0 Å². The van der Waals surface area contributed by atoms with E-state index in [1.165, 1.54) is 0 Å². The van der Waals surface area contributed by atoms with Gasteiger partial charge in [0, 0.05) is 24.0 Å². The standard InChI is InChI=1S/C14H26N2O/c1-5-10-16(13(2,3)4)12(17)11-14(15)8-6-7-9-14/h5H,1,6-11,15H2,2-4H3. The number of nitrogens with two attached hydrogens (primary N) is 1. The van der Waals surface area contributed by atoms with Gasteiger partial charge in [0.1, 0.15) is 0 Å². The van der Waals surface area contributed by atoms with E-state index in [1.807, 2.05) is 25.7 Å². The molecule has 0 aromatic carbocycles. The van der Waals surface area contributed by atoms with E-state index in [-0.39, 0.29) is 17.0 Å². The Morgan fingerprint density at radius 3 is 2.35 bits per heavy atom. The zero-order valence-corrected chi connectivity index (χ0v) is 11.5. The van der Waals surface area contributed by atoms with Gasteiger partial charge < -0.3 is 10.6 Å².